The molecule has 1 aliphatic heterocycles. The molecular formula is C5H9O. The van der Waals surface area contributed by atoms with Crippen LogP contribution in [0.25, 0.3) is 0 Å². The van der Waals surface area contributed by atoms with Crippen molar-refractivity contribution >= 4 is 0 Å². The first-order valence-electron chi connectivity index (χ1n) is 2.29. The second kappa shape index (κ2) is 1.23. The first kappa shape index (κ1) is 4.13. The quantitative estimate of drug-likeness (QED) is 0.433. The van der Waals surface area contributed by atoms with Crippen LogP contribution in [-0.2, 0) is 4.74 Å². The zero-order valence-electron chi connectivity index (χ0n) is 3.98. The molecule has 1 heterocycles. The lowest BCUT2D eigenvalue weighted by Crippen LogP contribution is -1.82. The van der Waals surface area contributed by atoms with Crippen molar-refractivity contribution in [3.63, 3.8) is 0 Å². The zero-order valence-corrected chi connectivity index (χ0v) is 3.98. The summed E-state index contributed by atoms with van der Waals surface area (Å²) in [6, 6.07) is 0. The summed E-state index contributed by atoms with van der Waals surface area (Å²) in [6.45, 7) is 5.74. The molecule has 0 N–H and O–H groups in total. The van der Waals surface area contributed by atoms with Crippen molar-refractivity contribution in [2.45, 2.75) is 25.6 Å². The van der Waals surface area contributed by atoms with Crippen LogP contribution in [0.4, 0.5) is 0 Å². The van der Waals surface area contributed by atoms with Crippen LogP contribution >= 0.6 is 0 Å². The first-order chi connectivity index (χ1) is 2.84. The van der Waals surface area contributed by atoms with Crippen LogP contribution in [0.1, 0.15) is 13.3 Å². The van der Waals surface area contributed by atoms with Gasteiger partial charge in [0.05, 0.1) is 12.2 Å². The molecule has 0 bridgehead atoms. The van der Waals surface area contributed by atoms with Crippen LogP contribution < -0.4 is 0 Å². The Kier molecular flexibility index (Phi) is 0.845. The molecule has 1 nitrogen and oxygen atoms in total. The maximum Gasteiger partial charge on any atom is 0.0839 e. The monoisotopic (exact) mass is 85.1 g/mol. The molecule has 0 aliphatic carbocycles. The normalized spacial score (nSPS) is 43.0. The van der Waals surface area contributed by atoms with E-state index in [4.69, 9.17) is 4.74 Å². The van der Waals surface area contributed by atoms with Crippen molar-refractivity contribution in [1.82, 2.24) is 0 Å². The lowest BCUT2D eigenvalue weighted by atomic mass is 10.3. The van der Waals surface area contributed by atoms with Crippen molar-refractivity contribution in [2.75, 3.05) is 0 Å². The average Bonchev–Trinajstić information content (AvgIpc) is 2.19. The van der Waals surface area contributed by atoms with Gasteiger partial charge in [-0.2, -0.15) is 0 Å². The Bertz CT molecular complexity index is 49.9. The molecule has 1 heteroatoms. The fraction of sp³-hybridized carbons (Fsp3) is 0.800. The smallest absolute Gasteiger partial charge is 0.0839 e. The summed E-state index contributed by atoms with van der Waals surface area (Å²) in [5.41, 5.74) is 0. The van der Waals surface area contributed by atoms with E-state index in [1.54, 1.807) is 0 Å². The molecule has 1 radical (unpaired) electrons. The summed E-state index contributed by atoms with van der Waals surface area (Å²) in [4.78, 5) is 0. The molecule has 0 aromatic heterocycles. The molecule has 0 amide bonds. The lowest BCUT2D eigenvalue weighted by Gasteiger charge is -1.72. The van der Waals surface area contributed by atoms with Gasteiger partial charge < -0.3 is 4.74 Å². The molecule has 0 spiro atoms. The Morgan fingerprint density at radius 1 is 1.83 bits per heavy atom. The van der Waals surface area contributed by atoms with Gasteiger partial charge in [0.2, 0.25) is 0 Å². The molecule has 1 saturated heterocycles. The average molecular weight is 85.1 g/mol. The van der Waals surface area contributed by atoms with Crippen LogP contribution in [0.5, 0.6) is 0 Å². The highest BCUT2D eigenvalue weighted by atomic mass is 16.6. The van der Waals surface area contributed by atoms with Crippen molar-refractivity contribution in [1.29, 1.82) is 0 Å². The largest absolute Gasteiger partial charge is 0.370 e. The van der Waals surface area contributed by atoms with Gasteiger partial charge in [-0.25, -0.2) is 0 Å². The van der Waals surface area contributed by atoms with Crippen molar-refractivity contribution in [3.8, 4) is 0 Å². The van der Waals surface area contributed by atoms with E-state index < -0.39 is 0 Å². The van der Waals surface area contributed by atoms with Gasteiger partial charge in [0.15, 0.2) is 0 Å². The minimum absolute atomic E-state index is 0.491. The lowest BCUT2D eigenvalue weighted by molar-refractivity contribution is 0.379. The van der Waals surface area contributed by atoms with E-state index in [2.05, 4.69) is 13.8 Å². The third-order valence-corrected chi connectivity index (χ3v) is 1.12. The minimum atomic E-state index is 0.491. The Balaban J connectivity index is 2.09. The topological polar surface area (TPSA) is 12.5 Å². The fourth-order valence-corrected chi connectivity index (χ4v) is 0.533. The Labute approximate surface area is 38.3 Å². The van der Waals surface area contributed by atoms with Gasteiger partial charge in [-0.1, -0.05) is 6.92 Å². The summed E-state index contributed by atoms with van der Waals surface area (Å²) in [5, 5.41) is 0. The van der Waals surface area contributed by atoms with E-state index in [9.17, 15) is 0 Å². The van der Waals surface area contributed by atoms with Crippen molar-refractivity contribution in [2.24, 2.45) is 0 Å². The molecule has 1 rings (SSSR count). The SMILES string of the molecule is [CH2]CC1OC1C. The highest BCUT2D eigenvalue weighted by molar-refractivity contribution is 4.80. The maximum atomic E-state index is 5.00. The van der Waals surface area contributed by atoms with E-state index in [0.717, 1.165) is 6.42 Å². The van der Waals surface area contributed by atoms with Gasteiger partial charge in [-0.3, -0.25) is 0 Å². The number of epoxide rings is 1. The van der Waals surface area contributed by atoms with Gasteiger partial charge >= 0.3 is 0 Å². The van der Waals surface area contributed by atoms with Gasteiger partial charge in [0.25, 0.3) is 0 Å². The molecule has 6 heavy (non-hydrogen) atoms. The Hall–Kier alpha value is -0.0400. The maximum absolute atomic E-state index is 5.00. The number of ether oxygens (including phenoxy) is 1. The Morgan fingerprint density at radius 2 is 2.33 bits per heavy atom. The van der Waals surface area contributed by atoms with Crippen LogP contribution in [0.3, 0.4) is 0 Å². The predicted molar refractivity (Wildman–Crippen MR) is 24.3 cm³/mol. The second-order valence-electron chi connectivity index (χ2n) is 1.67. The summed E-state index contributed by atoms with van der Waals surface area (Å²) >= 11 is 0. The van der Waals surface area contributed by atoms with Crippen LogP contribution in [0, 0.1) is 6.92 Å². The Morgan fingerprint density at radius 3 is 2.33 bits per heavy atom. The summed E-state index contributed by atoms with van der Waals surface area (Å²) in [7, 11) is 0. The van der Waals surface area contributed by atoms with Gasteiger partial charge in [0, 0.05) is 0 Å². The molecule has 2 unspecified atom stereocenters. The number of hydrogen-bond acceptors (Lipinski definition) is 1. The predicted octanol–water partition coefficient (Wildman–Crippen LogP) is 0.998. The van der Waals surface area contributed by atoms with Crippen molar-refractivity contribution in [3.05, 3.63) is 6.92 Å². The van der Waals surface area contributed by atoms with E-state index >= 15 is 0 Å². The highest BCUT2D eigenvalue weighted by Gasteiger charge is 2.31. The molecular weight excluding hydrogens is 76.1 g/mol. The van der Waals surface area contributed by atoms with Crippen molar-refractivity contribution < 1.29 is 4.74 Å². The molecule has 0 aromatic rings. The summed E-state index contributed by atoms with van der Waals surface area (Å²) < 4.78 is 5.00. The molecule has 0 aromatic carbocycles. The molecule has 1 aliphatic rings. The van der Waals surface area contributed by atoms with E-state index in [1.807, 2.05) is 0 Å². The number of rotatable bonds is 1. The van der Waals surface area contributed by atoms with Gasteiger partial charge in [-0.15, -0.1) is 0 Å². The molecule has 0 saturated carbocycles. The standard InChI is InChI=1S/C5H9O/c1-3-5-4(2)6-5/h4-5H,1,3H2,2H3. The molecule has 1 fully saturated rings. The van der Waals surface area contributed by atoms with E-state index in [-0.39, 0.29) is 0 Å². The molecule has 2 atom stereocenters. The van der Waals surface area contributed by atoms with E-state index in [0.29, 0.717) is 12.2 Å². The number of hydrogen-bond donors (Lipinski definition) is 0. The minimum Gasteiger partial charge on any atom is -0.370 e. The first-order valence-corrected chi connectivity index (χ1v) is 2.29. The van der Waals surface area contributed by atoms with Gasteiger partial charge in [0.1, 0.15) is 0 Å². The fourth-order valence-electron chi connectivity index (χ4n) is 0.533. The van der Waals surface area contributed by atoms with Crippen LogP contribution in [0.15, 0.2) is 0 Å². The third-order valence-electron chi connectivity index (χ3n) is 1.12. The zero-order chi connectivity index (χ0) is 4.57. The van der Waals surface area contributed by atoms with Gasteiger partial charge in [-0.05, 0) is 13.3 Å². The highest BCUT2D eigenvalue weighted by Crippen LogP contribution is 2.22. The van der Waals surface area contributed by atoms with Crippen LogP contribution in [0.2, 0.25) is 0 Å². The summed E-state index contributed by atoms with van der Waals surface area (Å²) in [5.74, 6) is 0. The van der Waals surface area contributed by atoms with E-state index in [1.165, 1.54) is 0 Å². The molecule has 35 valence electrons. The van der Waals surface area contributed by atoms with Crippen LogP contribution in [-0.4, -0.2) is 12.2 Å². The third kappa shape index (κ3) is 0.548. The summed E-state index contributed by atoms with van der Waals surface area (Å²) in [6.07, 6.45) is 1.92. The second-order valence-corrected chi connectivity index (χ2v) is 1.67.